The van der Waals surface area contributed by atoms with Gasteiger partial charge in [-0.3, -0.25) is 9.59 Å². The molecule has 0 bridgehead atoms. The number of benzene rings is 1. The van der Waals surface area contributed by atoms with Gasteiger partial charge in [0, 0.05) is 11.1 Å². The lowest BCUT2D eigenvalue weighted by Gasteiger charge is -2.01. The smallest absolute Gasteiger partial charge is 0.209 e. The number of hydrogen-bond donors (Lipinski definition) is 2. The van der Waals surface area contributed by atoms with E-state index in [2.05, 4.69) is 0 Å². The van der Waals surface area contributed by atoms with E-state index in [0.717, 1.165) is 0 Å². The number of carbonyl (C=O) groups is 2. The van der Waals surface area contributed by atoms with E-state index in [4.69, 9.17) is 4.42 Å². The Morgan fingerprint density at radius 3 is 2.44 bits per heavy atom. The largest absolute Gasteiger partial charge is 0.504 e. The molecule has 0 radical (unpaired) electrons. The number of fused-ring (bicyclic) bond motifs is 1. The van der Waals surface area contributed by atoms with E-state index in [1.807, 2.05) is 0 Å². The van der Waals surface area contributed by atoms with E-state index < -0.39 is 0 Å². The van der Waals surface area contributed by atoms with Gasteiger partial charge in [0.1, 0.15) is 6.29 Å². The summed E-state index contributed by atoms with van der Waals surface area (Å²) >= 11 is 0. The highest BCUT2D eigenvalue weighted by molar-refractivity contribution is 5.99. The maximum atomic E-state index is 10.7. The number of phenolic OH excluding ortho intramolecular Hbond substituents is 1. The predicted octanol–water partition coefficient (Wildman–Crippen LogP) is 1.78. The number of phenols is 1. The van der Waals surface area contributed by atoms with Gasteiger partial charge in [-0.25, -0.2) is 0 Å². The average molecular weight is 220 g/mol. The van der Waals surface area contributed by atoms with Crippen LogP contribution in [0, 0.1) is 6.92 Å². The Labute approximate surface area is 89.9 Å². The molecule has 82 valence electrons. The standard InChI is InChI=1S/C11H8O5/c1-5-6(3-12)2-7-10(15)8(4-13)16-11(7)9(5)14/h2-4,14-15H,1H3. The van der Waals surface area contributed by atoms with Crippen molar-refractivity contribution in [1.82, 2.24) is 0 Å². The Kier molecular flexibility index (Phi) is 2.16. The summed E-state index contributed by atoms with van der Waals surface area (Å²) in [5.41, 5.74) is 0.579. The highest BCUT2D eigenvalue weighted by Gasteiger charge is 2.19. The monoisotopic (exact) mass is 220 g/mol. The van der Waals surface area contributed by atoms with E-state index in [0.29, 0.717) is 18.1 Å². The Balaban J connectivity index is 2.95. The number of aldehydes is 2. The second-order valence-electron chi connectivity index (χ2n) is 3.37. The lowest BCUT2D eigenvalue weighted by Crippen LogP contribution is -1.86. The van der Waals surface area contributed by atoms with Crippen LogP contribution < -0.4 is 0 Å². The molecule has 1 aromatic carbocycles. The Hall–Kier alpha value is -2.30. The molecule has 5 nitrogen and oxygen atoms in total. The maximum absolute atomic E-state index is 10.7. The first kappa shape index (κ1) is 10.2. The lowest BCUT2D eigenvalue weighted by molar-refractivity contribution is 0.109. The minimum absolute atomic E-state index is 0.00250. The molecule has 0 amide bonds. The second-order valence-corrected chi connectivity index (χ2v) is 3.37. The molecule has 5 heteroatoms. The molecule has 0 atom stereocenters. The fourth-order valence-electron chi connectivity index (χ4n) is 1.54. The molecule has 2 N–H and O–H groups in total. The van der Waals surface area contributed by atoms with E-state index in [1.165, 1.54) is 6.07 Å². The molecule has 0 fully saturated rings. The minimum Gasteiger partial charge on any atom is -0.504 e. The van der Waals surface area contributed by atoms with Crippen LogP contribution >= 0.6 is 0 Å². The molecule has 2 rings (SSSR count). The average Bonchev–Trinajstić information content (AvgIpc) is 2.61. The van der Waals surface area contributed by atoms with Gasteiger partial charge < -0.3 is 14.6 Å². The van der Waals surface area contributed by atoms with Crippen LogP contribution in [0.1, 0.15) is 26.5 Å². The number of carbonyl (C=O) groups excluding carboxylic acids is 2. The molecule has 0 aliphatic carbocycles. The van der Waals surface area contributed by atoms with Crippen LogP contribution in [0.2, 0.25) is 0 Å². The molecular weight excluding hydrogens is 212 g/mol. The van der Waals surface area contributed by atoms with Gasteiger partial charge in [-0.05, 0) is 13.0 Å². The van der Waals surface area contributed by atoms with Gasteiger partial charge in [0.2, 0.25) is 5.76 Å². The summed E-state index contributed by atoms with van der Waals surface area (Å²) < 4.78 is 4.98. The van der Waals surface area contributed by atoms with Crippen molar-refractivity contribution in [2.24, 2.45) is 0 Å². The SMILES string of the molecule is Cc1c(C=O)cc2c(O)c(C=O)oc2c1O. The summed E-state index contributed by atoms with van der Waals surface area (Å²) in [5.74, 6) is -0.890. The van der Waals surface area contributed by atoms with Gasteiger partial charge >= 0.3 is 0 Å². The molecule has 0 unspecified atom stereocenters. The van der Waals surface area contributed by atoms with Gasteiger partial charge in [-0.2, -0.15) is 0 Å². The van der Waals surface area contributed by atoms with Crippen molar-refractivity contribution in [3.8, 4) is 11.5 Å². The summed E-state index contributed by atoms with van der Waals surface area (Å²) in [6.45, 7) is 1.54. The van der Waals surface area contributed by atoms with Crippen LogP contribution in [0.4, 0.5) is 0 Å². The van der Waals surface area contributed by atoms with Crippen molar-refractivity contribution in [2.45, 2.75) is 6.92 Å². The third-order valence-corrected chi connectivity index (χ3v) is 2.48. The maximum Gasteiger partial charge on any atom is 0.209 e. The van der Waals surface area contributed by atoms with Crippen LogP contribution in [0.5, 0.6) is 11.5 Å². The summed E-state index contributed by atoms with van der Waals surface area (Å²) in [6, 6.07) is 1.36. The van der Waals surface area contributed by atoms with Gasteiger partial charge in [0.05, 0.1) is 5.39 Å². The summed E-state index contributed by atoms with van der Waals surface area (Å²) in [6.07, 6.45) is 0.895. The predicted molar refractivity (Wildman–Crippen MR) is 55.1 cm³/mol. The Morgan fingerprint density at radius 1 is 1.19 bits per heavy atom. The van der Waals surface area contributed by atoms with Crippen molar-refractivity contribution in [2.75, 3.05) is 0 Å². The number of furan rings is 1. The number of aromatic hydroxyl groups is 2. The zero-order valence-electron chi connectivity index (χ0n) is 8.35. The zero-order chi connectivity index (χ0) is 11.9. The highest BCUT2D eigenvalue weighted by Crippen LogP contribution is 2.39. The van der Waals surface area contributed by atoms with Gasteiger partial charge in [-0.1, -0.05) is 0 Å². The van der Waals surface area contributed by atoms with Crippen LogP contribution in [0.3, 0.4) is 0 Å². The quantitative estimate of drug-likeness (QED) is 0.753. The van der Waals surface area contributed by atoms with Crippen molar-refractivity contribution in [3.05, 3.63) is 23.0 Å². The number of hydrogen-bond acceptors (Lipinski definition) is 5. The first-order chi connectivity index (χ1) is 7.60. The normalized spacial score (nSPS) is 10.6. The summed E-state index contributed by atoms with van der Waals surface area (Å²) in [5, 5.41) is 19.4. The molecule has 16 heavy (non-hydrogen) atoms. The third kappa shape index (κ3) is 1.18. The van der Waals surface area contributed by atoms with Crippen LogP contribution in [-0.2, 0) is 0 Å². The highest BCUT2D eigenvalue weighted by atomic mass is 16.4. The van der Waals surface area contributed by atoms with Crippen molar-refractivity contribution >= 4 is 23.5 Å². The summed E-state index contributed by atoms with van der Waals surface area (Å²) in [4.78, 5) is 21.3. The molecule has 1 aromatic heterocycles. The topological polar surface area (TPSA) is 87.7 Å². The van der Waals surface area contributed by atoms with E-state index in [1.54, 1.807) is 6.92 Å². The molecule has 0 spiro atoms. The summed E-state index contributed by atoms with van der Waals surface area (Å²) in [7, 11) is 0. The second kappa shape index (κ2) is 3.37. The molecule has 0 saturated carbocycles. The first-order valence-corrected chi connectivity index (χ1v) is 4.48. The fourth-order valence-corrected chi connectivity index (χ4v) is 1.54. The first-order valence-electron chi connectivity index (χ1n) is 4.48. The van der Waals surface area contributed by atoms with Crippen LogP contribution in [0.15, 0.2) is 10.5 Å². The van der Waals surface area contributed by atoms with Gasteiger partial charge in [0.25, 0.3) is 0 Å². The number of rotatable bonds is 2. The van der Waals surface area contributed by atoms with Crippen LogP contribution in [0.25, 0.3) is 11.0 Å². The Morgan fingerprint density at radius 2 is 1.88 bits per heavy atom. The van der Waals surface area contributed by atoms with E-state index in [-0.39, 0.29) is 33.8 Å². The molecule has 0 aliphatic rings. The molecular formula is C11H8O5. The van der Waals surface area contributed by atoms with Gasteiger partial charge in [0.15, 0.2) is 23.4 Å². The fraction of sp³-hybridized carbons (Fsp3) is 0.0909. The molecule has 1 heterocycles. The van der Waals surface area contributed by atoms with Crippen LogP contribution in [-0.4, -0.2) is 22.8 Å². The van der Waals surface area contributed by atoms with E-state index in [9.17, 15) is 19.8 Å². The third-order valence-electron chi connectivity index (χ3n) is 2.48. The molecule has 2 aromatic rings. The van der Waals surface area contributed by atoms with Gasteiger partial charge in [-0.15, -0.1) is 0 Å². The van der Waals surface area contributed by atoms with Crippen molar-refractivity contribution < 1.29 is 24.2 Å². The molecule has 0 saturated heterocycles. The van der Waals surface area contributed by atoms with Crippen molar-refractivity contribution in [3.63, 3.8) is 0 Å². The minimum atomic E-state index is -0.372. The van der Waals surface area contributed by atoms with Crippen molar-refractivity contribution in [1.29, 1.82) is 0 Å². The molecule has 0 aliphatic heterocycles. The lowest BCUT2D eigenvalue weighted by atomic mass is 10.1. The van der Waals surface area contributed by atoms with E-state index >= 15 is 0 Å². The zero-order valence-corrected chi connectivity index (χ0v) is 8.35. The Bertz CT molecular complexity index is 594.